The Bertz CT molecular complexity index is 1460. The first-order valence-electron chi connectivity index (χ1n) is 12.3. The number of carbonyl (C=O) groups is 1. The molecule has 1 amide bonds. The Morgan fingerprint density at radius 2 is 1.71 bits per heavy atom. The van der Waals surface area contributed by atoms with Crippen LogP contribution in [0.25, 0.3) is 22.0 Å². The lowest BCUT2D eigenvalue weighted by Gasteiger charge is -2.19. The molecule has 5 rings (SSSR count). The topological polar surface area (TPSA) is 58.2 Å². The second kappa shape index (κ2) is 10.7. The second-order valence-corrected chi connectivity index (χ2v) is 9.14. The number of halogens is 4. The van der Waals surface area contributed by atoms with Gasteiger partial charge in [0.15, 0.2) is 0 Å². The summed E-state index contributed by atoms with van der Waals surface area (Å²) in [7, 11) is 0. The van der Waals surface area contributed by atoms with Gasteiger partial charge in [-0.05, 0) is 58.5 Å². The fourth-order valence-electron chi connectivity index (χ4n) is 4.76. The van der Waals surface area contributed by atoms with Crippen LogP contribution >= 0.6 is 0 Å². The highest BCUT2D eigenvalue weighted by Crippen LogP contribution is 2.40. The Hall–Kier alpha value is -4.14. The molecule has 38 heavy (non-hydrogen) atoms. The predicted octanol–water partition coefficient (Wildman–Crippen LogP) is 6.61. The van der Waals surface area contributed by atoms with Gasteiger partial charge in [-0.1, -0.05) is 48.5 Å². The molecule has 2 heterocycles. The number of benzene rings is 3. The van der Waals surface area contributed by atoms with E-state index in [0.717, 1.165) is 13.0 Å². The summed E-state index contributed by atoms with van der Waals surface area (Å²) in [5, 5.41) is 6.36. The first-order valence-corrected chi connectivity index (χ1v) is 12.3. The van der Waals surface area contributed by atoms with Crippen LogP contribution in [0.15, 0.2) is 72.8 Å². The molecule has 196 valence electrons. The lowest BCUT2D eigenvalue weighted by molar-refractivity contribution is -0.128. The van der Waals surface area contributed by atoms with Crippen LogP contribution in [-0.2, 0) is 4.79 Å². The molecule has 3 aromatic carbocycles. The number of hydrogen-bond acceptors (Lipinski definition) is 3. The molecule has 1 aromatic heterocycles. The van der Waals surface area contributed by atoms with Gasteiger partial charge in [0.25, 0.3) is 0 Å². The highest BCUT2D eigenvalue weighted by atomic mass is 19.4. The fraction of sp³-hybridized carbons (Fsp3) is 0.241. The van der Waals surface area contributed by atoms with Crippen molar-refractivity contribution in [2.75, 3.05) is 19.7 Å². The molecule has 9 heteroatoms. The van der Waals surface area contributed by atoms with Crippen molar-refractivity contribution < 1.29 is 27.1 Å². The van der Waals surface area contributed by atoms with Gasteiger partial charge in [-0.2, -0.15) is 22.7 Å². The smallest absolute Gasteiger partial charge is 0.393 e. The van der Waals surface area contributed by atoms with Crippen molar-refractivity contribution in [3.8, 4) is 5.75 Å². The summed E-state index contributed by atoms with van der Waals surface area (Å²) in [5.41, 5.74) is 2.17. The third-order valence-corrected chi connectivity index (χ3v) is 6.54. The van der Waals surface area contributed by atoms with E-state index in [-0.39, 0.29) is 16.9 Å². The molecule has 1 aliphatic rings. The lowest BCUT2D eigenvalue weighted by Crippen LogP contribution is -2.29. The molecule has 1 N–H and O–H groups in total. The van der Waals surface area contributed by atoms with Crippen molar-refractivity contribution in [2.24, 2.45) is 0 Å². The molecule has 0 saturated carbocycles. The Balaban J connectivity index is 1.55. The molecule has 1 aliphatic heterocycles. The number of H-pyrrole nitrogens is 1. The van der Waals surface area contributed by atoms with E-state index in [1.54, 1.807) is 71.6 Å². The number of aromatic nitrogens is 2. The number of hydrogen-bond donors (Lipinski definition) is 1. The predicted molar refractivity (Wildman–Crippen MR) is 137 cm³/mol. The molecule has 1 saturated heterocycles. The summed E-state index contributed by atoms with van der Waals surface area (Å²) >= 11 is 0. The van der Waals surface area contributed by atoms with E-state index in [1.165, 1.54) is 6.07 Å². The zero-order valence-corrected chi connectivity index (χ0v) is 20.4. The zero-order valence-electron chi connectivity index (χ0n) is 20.4. The Kier molecular flexibility index (Phi) is 7.18. The molecule has 4 aromatic rings. The highest BCUT2D eigenvalue weighted by Gasteiger charge is 2.31. The summed E-state index contributed by atoms with van der Waals surface area (Å²) in [6.45, 7) is 1.51. The maximum atomic E-state index is 14.3. The van der Waals surface area contributed by atoms with Gasteiger partial charge < -0.3 is 9.64 Å². The number of carbonyl (C=O) groups excluding carboxylic acids is 1. The number of alkyl halides is 3. The quantitative estimate of drug-likeness (QED) is 0.209. The third kappa shape index (κ3) is 5.72. The normalized spacial score (nSPS) is 14.7. The maximum absolute atomic E-state index is 14.3. The summed E-state index contributed by atoms with van der Waals surface area (Å²) in [4.78, 5) is 13.5. The number of rotatable bonds is 8. The zero-order chi connectivity index (χ0) is 26.7. The Morgan fingerprint density at radius 3 is 2.39 bits per heavy atom. The van der Waals surface area contributed by atoms with Crippen molar-refractivity contribution in [2.45, 2.75) is 25.4 Å². The lowest BCUT2D eigenvalue weighted by atomic mass is 9.87. The summed E-state index contributed by atoms with van der Waals surface area (Å²) in [5.74, 6) is -0.00506. The summed E-state index contributed by atoms with van der Waals surface area (Å²) in [6.07, 6.45) is -4.24. The van der Waals surface area contributed by atoms with Crippen molar-refractivity contribution >= 4 is 28.0 Å². The highest BCUT2D eigenvalue weighted by molar-refractivity contribution is 6.00. The first-order chi connectivity index (χ1) is 18.3. The van der Waals surface area contributed by atoms with E-state index in [0.29, 0.717) is 53.1 Å². The van der Waals surface area contributed by atoms with Gasteiger partial charge in [-0.15, -0.1) is 0 Å². The van der Waals surface area contributed by atoms with Crippen LogP contribution in [0.2, 0.25) is 0 Å². The van der Waals surface area contributed by atoms with Crippen molar-refractivity contribution in [3.63, 3.8) is 0 Å². The largest absolute Gasteiger partial charge is 0.492 e. The molecule has 0 unspecified atom stereocenters. The average molecular weight is 524 g/mol. The van der Waals surface area contributed by atoms with E-state index in [2.05, 4.69) is 10.2 Å². The average Bonchev–Trinajstić information content (AvgIpc) is 3.49. The van der Waals surface area contributed by atoms with Crippen LogP contribution in [0.3, 0.4) is 0 Å². The second-order valence-electron chi connectivity index (χ2n) is 9.14. The van der Waals surface area contributed by atoms with Gasteiger partial charge in [0.2, 0.25) is 11.9 Å². The number of amides is 1. The van der Waals surface area contributed by atoms with E-state index < -0.39 is 18.5 Å². The summed E-state index contributed by atoms with van der Waals surface area (Å²) < 4.78 is 61.7. The van der Waals surface area contributed by atoms with Gasteiger partial charge in [0, 0.05) is 13.0 Å². The van der Waals surface area contributed by atoms with Crippen LogP contribution in [0, 0.1) is 5.95 Å². The van der Waals surface area contributed by atoms with E-state index in [1.807, 2.05) is 0 Å². The van der Waals surface area contributed by atoms with Crippen molar-refractivity contribution in [1.82, 2.24) is 15.1 Å². The number of likely N-dealkylation sites (tertiary alicyclic amines) is 1. The minimum absolute atomic E-state index is 0.0718. The van der Waals surface area contributed by atoms with Crippen LogP contribution in [-0.4, -0.2) is 46.9 Å². The van der Waals surface area contributed by atoms with Gasteiger partial charge >= 0.3 is 6.18 Å². The SMILES string of the molecule is O=C1CCCN1CCOc1ccc(/C(=C(/CC(F)(F)F)c2ccccc2)c2ccc3n[nH]c(F)c3c2)cc1. The van der Waals surface area contributed by atoms with Gasteiger partial charge in [0.1, 0.15) is 12.4 Å². The molecule has 1 fully saturated rings. The molecular formula is C29H25F4N3O2. The van der Waals surface area contributed by atoms with Crippen LogP contribution in [0.5, 0.6) is 5.75 Å². The minimum Gasteiger partial charge on any atom is -0.492 e. The molecule has 0 bridgehead atoms. The van der Waals surface area contributed by atoms with Gasteiger partial charge in [-0.25, -0.2) is 0 Å². The van der Waals surface area contributed by atoms with E-state index >= 15 is 0 Å². The maximum Gasteiger partial charge on any atom is 0.393 e. The summed E-state index contributed by atoms with van der Waals surface area (Å²) in [6, 6.07) is 19.9. The molecule has 0 spiro atoms. The number of fused-ring (bicyclic) bond motifs is 1. The number of nitrogens with one attached hydrogen (secondary N) is 1. The van der Waals surface area contributed by atoms with E-state index in [9.17, 15) is 22.4 Å². The van der Waals surface area contributed by atoms with Crippen LogP contribution in [0.4, 0.5) is 17.6 Å². The molecule has 0 atom stereocenters. The van der Waals surface area contributed by atoms with Gasteiger partial charge in [0.05, 0.1) is 23.9 Å². The molecule has 0 aliphatic carbocycles. The molecular weight excluding hydrogens is 498 g/mol. The monoisotopic (exact) mass is 523 g/mol. The first kappa shape index (κ1) is 25.5. The molecule has 0 radical (unpaired) electrons. The van der Waals surface area contributed by atoms with Gasteiger partial charge in [-0.3, -0.25) is 9.89 Å². The van der Waals surface area contributed by atoms with Crippen LogP contribution in [0.1, 0.15) is 36.0 Å². The Morgan fingerprint density at radius 1 is 0.974 bits per heavy atom. The van der Waals surface area contributed by atoms with E-state index in [4.69, 9.17) is 4.74 Å². The van der Waals surface area contributed by atoms with Crippen molar-refractivity contribution in [3.05, 3.63) is 95.4 Å². The molecule has 5 nitrogen and oxygen atoms in total. The number of ether oxygens (including phenoxy) is 1. The van der Waals surface area contributed by atoms with Crippen molar-refractivity contribution in [1.29, 1.82) is 0 Å². The Labute approximate surface area is 216 Å². The third-order valence-electron chi connectivity index (χ3n) is 6.54. The van der Waals surface area contributed by atoms with Crippen LogP contribution < -0.4 is 4.74 Å². The standard InChI is InChI=1S/C29H25F4N3O2/c30-28-23-17-21(10-13-25(23)34-35-28)27(24(18-29(31,32)33)19-5-2-1-3-6-19)20-8-11-22(12-9-20)38-16-15-36-14-4-7-26(36)37/h1-3,5-6,8-13,17H,4,7,14-16,18H2,(H,34,35)/b27-24+. The number of aromatic amines is 1. The number of allylic oxidation sites excluding steroid dienone is 1. The fourth-order valence-corrected chi connectivity index (χ4v) is 4.76. The minimum atomic E-state index is -4.47. The number of nitrogens with zero attached hydrogens (tertiary/aromatic N) is 2.